The van der Waals surface area contributed by atoms with E-state index in [2.05, 4.69) is 10.3 Å². The molecule has 3 amide bonds. The molecule has 1 aromatic rings. The Bertz CT molecular complexity index is 570. The number of nitrogens with one attached hydrogen (secondary N) is 1. The van der Waals surface area contributed by atoms with E-state index >= 15 is 0 Å². The Morgan fingerprint density at radius 3 is 2.61 bits per heavy atom. The minimum atomic E-state index is -0.345. The van der Waals surface area contributed by atoms with Gasteiger partial charge in [-0.3, -0.25) is 14.4 Å². The van der Waals surface area contributed by atoms with Crippen molar-refractivity contribution < 1.29 is 19.1 Å². The minimum Gasteiger partial charge on any atom is -0.383 e. The molecule has 0 bridgehead atoms. The molecular weight excluding hydrogens is 300 g/mol. The maximum absolute atomic E-state index is 12.4. The largest absolute Gasteiger partial charge is 0.383 e. The summed E-state index contributed by atoms with van der Waals surface area (Å²) < 4.78 is 4.86. The van der Waals surface area contributed by atoms with Crippen molar-refractivity contribution in [3.8, 4) is 0 Å². The third kappa shape index (κ3) is 4.49. The van der Waals surface area contributed by atoms with Crippen LogP contribution in [0, 0.1) is 0 Å². The number of aromatic nitrogens is 1. The highest BCUT2D eigenvalue weighted by Crippen LogP contribution is 2.07. The lowest BCUT2D eigenvalue weighted by Crippen LogP contribution is -2.48. The number of rotatable bonds is 6. The third-order valence-corrected chi connectivity index (χ3v) is 3.54. The van der Waals surface area contributed by atoms with Gasteiger partial charge in [0.1, 0.15) is 11.4 Å². The predicted molar refractivity (Wildman–Crippen MR) is 82.0 cm³/mol. The molecule has 0 atom stereocenters. The molecule has 1 aliphatic rings. The van der Waals surface area contributed by atoms with Crippen LogP contribution in [0.5, 0.6) is 0 Å². The quantitative estimate of drug-likeness (QED) is 0.557. The van der Waals surface area contributed by atoms with E-state index in [9.17, 15) is 14.4 Å². The molecule has 1 aliphatic heterocycles. The Morgan fingerprint density at radius 2 is 1.96 bits per heavy atom. The molecule has 2 rings (SSSR count). The molecule has 1 aromatic heterocycles. The average Bonchev–Trinajstić information content (AvgIpc) is 2.61. The number of nitrogens with zero attached hydrogens (tertiary/aromatic N) is 3. The summed E-state index contributed by atoms with van der Waals surface area (Å²) in [5.74, 6) is -0.579. The van der Waals surface area contributed by atoms with Gasteiger partial charge in [-0.05, 0) is 12.1 Å². The van der Waals surface area contributed by atoms with Gasteiger partial charge in [0.05, 0.1) is 6.61 Å². The summed E-state index contributed by atoms with van der Waals surface area (Å²) in [6.07, 6.45) is 0.783. The van der Waals surface area contributed by atoms with Crippen LogP contribution in [0.15, 0.2) is 18.2 Å². The van der Waals surface area contributed by atoms with Crippen LogP contribution in [-0.2, 0) is 9.53 Å². The van der Waals surface area contributed by atoms with Crippen molar-refractivity contribution in [2.75, 3.05) is 46.4 Å². The van der Waals surface area contributed by atoms with E-state index in [1.807, 2.05) is 0 Å². The Kier molecular flexibility index (Phi) is 6.04. The van der Waals surface area contributed by atoms with Crippen molar-refractivity contribution >= 4 is 18.2 Å². The fourth-order valence-electron chi connectivity index (χ4n) is 2.23. The number of piperazine rings is 1. The summed E-state index contributed by atoms with van der Waals surface area (Å²) in [6, 6.07) is 4.77. The van der Waals surface area contributed by atoms with Crippen LogP contribution in [0.4, 0.5) is 0 Å². The first-order valence-electron chi connectivity index (χ1n) is 7.38. The number of hydrogen-bond donors (Lipinski definition) is 1. The molecular formula is C15H20N4O4. The third-order valence-electron chi connectivity index (χ3n) is 3.54. The fourth-order valence-corrected chi connectivity index (χ4v) is 2.23. The van der Waals surface area contributed by atoms with E-state index in [1.165, 1.54) is 0 Å². The van der Waals surface area contributed by atoms with Crippen molar-refractivity contribution in [2.24, 2.45) is 0 Å². The number of hydrogen-bond acceptors (Lipinski definition) is 5. The van der Waals surface area contributed by atoms with Gasteiger partial charge in [-0.25, -0.2) is 4.98 Å². The monoisotopic (exact) mass is 320 g/mol. The summed E-state index contributed by atoms with van der Waals surface area (Å²) >= 11 is 0. The molecule has 8 heteroatoms. The summed E-state index contributed by atoms with van der Waals surface area (Å²) in [5.41, 5.74) is 0.419. The summed E-state index contributed by atoms with van der Waals surface area (Å²) in [6.45, 7) is 2.72. The van der Waals surface area contributed by atoms with E-state index in [1.54, 1.807) is 35.1 Å². The first-order chi connectivity index (χ1) is 11.2. The highest BCUT2D eigenvalue weighted by molar-refractivity contribution is 5.96. The van der Waals surface area contributed by atoms with Crippen molar-refractivity contribution in [1.82, 2.24) is 20.1 Å². The van der Waals surface area contributed by atoms with Crippen LogP contribution in [0.1, 0.15) is 21.0 Å². The number of amides is 3. The van der Waals surface area contributed by atoms with E-state index in [0.29, 0.717) is 39.3 Å². The summed E-state index contributed by atoms with van der Waals surface area (Å²) in [4.78, 5) is 42.5. The van der Waals surface area contributed by atoms with Crippen LogP contribution >= 0.6 is 0 Å². The SMILES string of the molecule is COCCNC(=O)c1cccc(C(=O)N2CCN(C=O)CC2)n1. The normalized spacial score (nSPS) is 14.5. The molecule has 0 radical (unpaired) electrons. The zero-order valence-corrected chi connectivity index (χ0v) is 13.0. The standard InChI is InChI=1S/C15H20N4O4/c1-23-10-5-16-14(21)12-3-2-4-13(17-12)15(22)19-8-6-18(11-20)7-9-19/h2-4,11H,5-10H2,1H3,(H,16,21). The van der Waals surface area contributed by atoms with E-state index < -0.39 is 0 Å². The molecule has 1 saturated heterocycles. The molecule has 0 saturated carbocycles. The molecule has 0 unspecified atom stereocenters. The number of ether oxygens (including phenoxy) is 1. The topological polar surface area (TPSA) is 91.8 Å². The zero-order chi connectivity index (χ0) is 16.7. The van der Waals surface area contributed by atoms with E-state index in [-0.39, 0.29) is 23.2 Å². The highest BCUT2D eigenvalue weighted by atomic mass is 16.5. The van der Waals surface area contributed by atoms with Crippen LogP contribution in [0.25, 0.3) is 0 Å². The van der Waals surface area contributed by atoms with Gasteiger partial charge in [0.2, 0.25) is 6.41 Å². The molecule has 124 valence electrons. The predicted octanol–water partition coefficient (Wildman–Crippen LogP) is -0.628. The molecule has 0 aromatic carbocycles. The number of pyridine rings is 1. The number of carbonyl (C=O) groups excluding carboxylic acids is 3. The summed E-state index contributed by atoms with van der Waals surface area (Å²) in [7, 11) is 1.55. The van der Waals surface area contributed by atoms with Crippen molar-refractivity contribution in [3.05, 3.63) is 29.6 Å². The average molecular weight is 320 g/mol. The first kappa shape index (κ1) is 16.9. The van der Waals surface area contributed by atoms with Gasteiger partial charge >= 0.3 is 0 Å². The molecule has 8 nitrogen and oxygen atoms in total. The second-order valence-electron chi connectivity index (χ2n) is 5.09. The van der Waals surface area contributed by atoms with Gasteiger partial charge in [0, 0.05) is 39.8 Å². The van der Waals surface area contributed by atoms with Crippen molar-refractivity contribution in [2.45, 2.75) is 0 Å². The van der Waals surface area contributed by atoms with Crippen molar-refractivity contribution in [3.63, 3.8) is 0 Å². The number of methoxy groups -OCH3 is 1. The molecule has 0 aliphatic carbocycles. The Balaban J connectivity index is 2.00. The van der Waals surface area contributed by atoms with Crippen LogP contribution in [-0.4, -0.2) is 79.4 Å². The second-order valence-corrected chi connectivity index (χ2v) is 5.09. The minimum absolute atomic E-state index is 0.193. The lowest BCUT2D eigenvalue weighted by Gasteiger charge is -2.32. The lowest BCUT2D eigenvalue weighted by atomic mass is 10.2. The highest BCUT2D eigenvalue weighted by Gasteiger charge is 2.22. The molecule has 2 heterocycles. The second kappa shape index (κ2) is 8.23. The Labute approximate surface area is 134 Å². The maximum atomic E-state index is 12.4. The molecule has 0 spiro atoms. The molecule has 1 N–H and O–H groups in total. The number of carbonyl (C=O) groups is 3. The van der Waals surface area contributed by atoms with Crippen LogP contribution < -0.4 is 5.32 Å². The maximum Gasteiger partial charge on any atom is 0.272 e. The van der Waals surface area contributed by atoms with Gasteiger partial charge in [-0.2, -0.15) is 0 Å². The van der Waals surface area contributed by atoms with Crippen LogP contribution in [0.2, 0.25) is 0 Å². The van der Waals surface area contributed by atoms with Gasteiger partial charge in [-0.15, -0.1) is 0 Å². The van der Waals surface area contributed by atoms with Crippen LogP contribution in [0.3, 0.4) is 0 Å². The fraction of sp³-hybridized carbons (Fsp3) is 0.467. The van der Waals surface area contributed by atoms with Crippen molar-refractivity contribution in [1.29, 1.82) is 0 Å². The lowest BCUT2D eigenvalue weighted by molar-refractivity contribution is -0.119. The van der Waals surface area contributed by atoms with Gasteiger partial charge in [-0.1, -0.05) is 6.07 Å². The first-order valence-corrected chi connectivity index (χ1v) is 7.38. The van der Waals surface area contributed by atoms with Gasteiger partial charge in [0.25, 0.3) is 11.8 Å². The Hall–Kier alpha value is -2.48. The van der Waals surface area contributed by atoms with E-state index in [4.69, 9.17) is 4.74 Å². The van der Waals surface area contributed by atoms with E-state index in [0.717, 1.165) is 6.41 Å². The Morgan fingerprint density at radius 1 is 1.26 bits per heavy atom. The zero-order valence-electron chi connectivity index (χ0n) is 13.0. The van der Waals surface area contributed by atoms with Gasteiger partial charge in [0.15, 0.2) is 0 Å². The molecule has 1 fully saturated rings. The molecule has 23 heavy (non-hydrogen) atoms. The summed E-state index contributed by atoms with van der Waals surface area (Å²) in [5, 5.41) is 2.66. The smallest absolute Gasteiger partial charge is 0.272 e. The van der Waals surface area contributed by atoms with Gasteiger partial charge < -0.3 is 19.9 Å².